The fourth-order valence-corrected chi connectivity index (χ4v) is 3.04. The summed E-state index contributed by atoms with van der Waals surface area (Å²) >= 11 is 0. The van der Waals surface area contributed by atoms with Gasteiger partial charge in [-0.05, 0) is 29.8 Å². The highest BCUT2D eigenvalue weighted by atomic mass is 32.2. The van der Waals surface area contributed by atoms with E-state index in [1.807, 2.05) is 5.32 Å². The highest BCUT2D eigenvalue weighted by Crippen LogP contribution is 2.34. The molecule has 0 aliphatic rings. The van der Waals surface area contributed by atoms with Gasteiger partial charge < -0.3 is 10.1 Å². The van der Waals surface area contributed by atoms with Gasteiger partial charge in [0.25, 0.3) is 11.6 Å². The number of ether oxygens (including phenoxy) is 1. The van der Waals surface area contributed by atoms with E-state index < -0.39 is 57.3 Å². The van der Waals surface area contributed by atoms with Gasteiger partial charge >= 0.3 is 12.1 Å². The highest BCUT2D eigenvalue weighted by molar-refractivity contribution is 7.83. The fraction of sp³-hybridized carbons (Fsp3) is 0.222. The predicted octanol–water partition coefficient (Wildman–Crippen LogP) is 3.29. The van der Waals surface area contributed by atoms with E-state index in [4.69, 9.17) is 4.74 Å². The van der Waals surface area contributed by atoms with Crippen molar-refractivity contribution in [3.8, 4) is 0 Å². The molecule has 12 heteroatoms. The summed E-state index contributed by atoms with van der Waals surface area (Å²) in [5.41, 5.74) is -1.95. The number of rotatable bonds is 7. The number of alkyl halides is 3. The zero-order valence-electron chi connectivity index (χ0n) is 15.4. The number of nitro groups is 1. The number of halogens is 3. The van der Waals surface area contributed by atoms with Crippen LogP contribution in [0.3, 0.4) is 0 Å². The normalized spacial score (nSPS) is 12.1. The van der Waals surface area contributed by atoms with Crippen LogP contribution in [0.25, 0.3) is 0 Å². The van der Waals surface area contributed by atoms with Gasteiger partial charge in [0.05, 0.1) is 16.1 Å². The number of hydrogen-bond donors (Lipinski definition) is 1. The van der Waals surface area contributed by atoms with E-state index in [1.54, 1.807) is 12.1 Å². The lowest BCUT2D eigenvalue weighted by molar-refractivity contribution is -0.384. The van der Waals surface area contributed by atoms with Gasteiger partial charge in [-0.3, -0.25) is 19.1 Å². The molecule has 0 fully saturated rings. The summed E-state index contributed by atoms with van der Waals surface area (Å²) in [5.74, 6) is -1.62. The molecule has 2 aromatic rings. The molecule has 0 spiro atoms. The van der Waals surface area contributed by atoms with Crippen LogP contribution in [0.4, 0.5) is 24.5 Å². The summed E-state index contributed by atoms with van der Waals surface area (Å²) in [6, 6.07) is 7.70. The highest BCUT2D eigenvalue weighted by Gasteiger charge is 2.33. The van der Waals surface area contributed by atoms with Crippen LogP contribution in [-0.4, -0.2) is 33.9 Å². The fourth-order valence-electron chi connectivity index (χ4n) is 2.39. The quantitative estimate of drug-likeness (QED) is 0.398. The van der Waals surface area contributed by atoms with Crippen molar-refractivity contribution in [3.63, 3.8) is 0 Å². The maximum Gasteiger partial charge on any atom is 0.416 e. The van der Waals surface area contributed by atoms with Crippen molar-refractivity contribution in [2.45, 2.75) is 11.9 Å². The van der Waals surface area contributed by atoms with Crippen LogP contribution in [-0.2, 0) is 32.3 Å². The predicted molar refractivity (Wildman–Crippen MR) is 101 cm³/mol. The Bertz CT molecular complexity index is 1010. The summed E-state index contributed by atoms with van der Waals surface area (Å²) in [6.07, 6.45) is -3.29. The monoisotopic (exact) mass is 444 g/mol. The van der Waals surface area contributed by atoms with Gasteiger partial charge in [0.15, 0.2) is 6.61 Å². The van der Waals surface area contributed by atoms with Crippen molar-refractivity contribution in [1.82, 2.24) is 0 Å². The molecule has 1 unspecified atom stereocenters. The Hall–Kier alpha value is -3.28. The Morgan fingerprint density at radius 1 is 1.20 bits per heavy atom. The van der Waals surface area contributed by atoms with E-state index in [-0.39, 0.29) is 11.3 Å². The molecule has 0 heterocycles. The number of anilines is 1. The van der Waals surface area contributed by atoms with Crippen LogP contribution >= 0.6 is 0 Å². The zero-order valence-corrected chi connectivity index (χ0v) is 16.2. The Kier molecular flexibility index (Phi) is 7.27. The molecule has 0 aliphatic carbocycles. The Labute approximate surface area is 170 Å². The molecule has 0 bridgehead atoms. The van der Waals surface area contributed by atoms with Gasteiger partial charge in [0.2, 0.25) is 0 Å². The molecular weight excluding hydrogens is 429 g/mol. The number of amides is 1. The molecule has 0 radical (unpaired) electrons. The standard InChI is InChI=1S/C18H15F3N2O6S/c1-30(28)10-11-3-2-4-12(7-11)17(25)29-9-16(24)22-14-6-5-13(18(19,20)21)8-15(14)23(26)27/h2-8H,9-10H2,1H3,(H,22,24). The van der Waals surface area contributed by atoms with E-state index in [0.29, 0.717) is 17.7 Å². The van der Waals surface area contributed by atoms with E-state index in [9.17, 15) is 37.1 Å². The molecule has 30 heavy (non-hydrogen) atoms. The van der Waals surface area contributed by atoms with Gasteiger partial charge in [0, 0.05) is 28.9 Å². The summed E-state index contributed by atoms with van der Waals surface area (Å²) in [6.45, 7) is -0.819. The first-order chi connectivity index (χ1) is 14.0. The molecule has 0 aromatic heterocycles. The Morgan fingerprint density at radius 2 is 1.90 bits per heavy atom. The lowest BCUT2D eigenvalue weighted by Crippen LogP contribution is -2.21. The number of nitro benzene ring substituents is 1. The van der Waals surface area contributed by atoms with Gasteiger partial charge in [-0.2, -0.15) is 13.2 Å². The van der Waals surface area contributed by atoms with Gasteiger partial charge in [-0.1, -0.05) is 12.1 Å². The average molecular weight is 444 g/mol. The van der Waals surface area contributed by atoms with Crippen LogP contribution in [0.2, 0.25) is 0 Å². The first-order valence-corrected chi connectivity index (χ1v) is 9.91. The molecular formula is C18H15F3N2O6S. The van der Waals surface area contributed by atoms with E-state index in [0.717, 1.165) is 6.07 Å². The van der Waals surface area contributed by atoms with Crippen molar-refractivity contribution in [3.05, 3.63) is 69.3 Å². The lowest BCUT2D eigenvalue weighted by atomic mass is 10.1. The van der Waals surface area contributed by atoms with Crippen molar-refractivity contribution >= 4 is 34.1 Å². The van der Waals surface area contributed by atoms with E-state index in [2.05, 4.69) is 0 Å². The second kappa shape index (κ2) is 9.48. The second-order valence-electron chi connectivity index (χ2n) is 6.03. The number of hydrogen-bond acceptors (Lipinski definition) is 6. The third kappa shape index (κ3) is 6.37. The van der Waals surface area contributed by atoms with Crippen molar-refractivity contribution in [1.29, 1.82) is 0 Å². The smallest absolute Gasteiger partial charge is 0.416 e. The largest absolute Gasteiger partial charge is 0.452 e. The van der Waals surface area contributed by atoms with Gasteiger partial charge in [-0.25, -0.2) is 4.79 Å². The minimum Gasteiger partial charge on any atom is -0.452 e. The maximum atomic E-state index is 12.7. The van der Waals surface area contributed by atoms with Crippen molar-refractivity contribution in [2.24, 2.45) is 0 Å². The van der Waals surface area contributed by atoms with Crippen molar-refractivity contribution < 1.29 is 36.6 Å². The number of carbonyl (C=O) groups excluding carboxylic acids is 2. The molecule has 160 valence electrons. The van der Waals surface area contributed by atoms with Gasteiger partial charge in [-0.15, -0.1) is 0 Å². The molecule has 0 saturated carbocycles. The molecule has 0 aliphatic heterocycles. The topological polar surface area (TPSA) is 116 Å². The molecule has 2 rings (SSSR count). The van der Waals surface area contributed by atoms with Crippen LogP contribution in [0, 0.1) is 10.1 Å². The lowest BCUT2D eigenvalue weighted by Gasteiger charge is -2.10. The van der Waals surface area contributed by atoms with Crippen LogP contribution < -0.4 is 5.32 Å². The number of esters is 1. The van der Waals surface area contributed by atoms with E-state index in [1.165, 1.54) is 18.4 Å². The second-order valence-corrected chi connectivity index (χ2v) is 7.46. The minimum absolute atomic E-state index is 0.103. The number of carbonyl (C=O) groups is 2. The first kappa shape index (κ1) is 23.0. The number of nitrogens with one attached hydrogen (secondary N) is 1. The third-order valence-electron chi connectivity index (χ3n) is 3.66. The molecule has 1 amide bonds. The zero-order chi connectivity index (χ0) is 22.5. The Balaban J connectivity index is 2.05. The summed E-state index contributed by atoms with van der Waals surface area (Å²) in [7, 11) is -1.13. The molecule has 0 saturated heterocycles. The van der Waals surface area contributed by atoms with Crippen LogP contribution in [0.1, 0.15) is 21.5 Å². The molecule has 8 nitrogen and oxygen atoms in total. The Morgan fingerprint density at radius 3 is 2.50 bits per heavy atom. The summed E-state index contributed by atoms with van der Waals surface area (Å²) in [5, 5.41) is 13.1. The van der Waals surface area contributed by atoms with Crippen LogP contribution in [0.15, 0.2) is 42.5 Å². The molecule has 1 atom stereocenters. The maximum absolute atomic E-state index is 12.7. The number of benzene rings is 2. The van der Waals surface area contributed by atoms with Gasteiger partial charge in [0.1, 0.15) is 5.69 Å². The van der Waals surface area contributed by atoms with Crippen LogP contribution in [0.5, 0.6) is 0 Å². The number of nitrogens with zero attached hydrogens (tertiary/aromatic N) is 1. The summed E-state index contributed by atoms with van der Waals surface area (Å²) in [4.78, 5) is 34.0. The van der Waals surface area contributed by atoms with Crippen molar-refractivity contribution in [2.75, 3.05) is 18.2 Å². The minimum atomic E-state index is -4.79. The SMILES string of the molecule is CS(=O)Cc1cccc(C(=O)OCC(=O)Nc2ccc(C(F)(F)F)cc2[N+](=O)[O-])c1. The average Bonchev–Trinajstić information content (AvgIpc) is 2.65. The molecule has 2 aromatic carbocycles. The van der Waals surface area contributed by atoms with E-state index >= 15 is 0 Å². The first-order valence-electron chi connectivity index (χ1n) is 8.19. The molecule has 1 N–H and O–H groups in total. The summed E-state index contributed by atoms with van der Waals surface area (Å²) < 4.78 is 54.2. The third-order valence-corrected chi connectivity index (χ3v) is 4.40.